The number of fused-ring (bicyclic) bond motifs is 1. The lowest BCUT2D eigenvalue weighted by Crippen LogP contribution is -2.48. The first-order chi connectivity index (χ1) is 17.3. The van der Waals surface area contributed by atoms with Gasteiger partial charge in [0.1, 0.15) is 0 Å². The number of piperidine rings is 2. The minimum Gasteiger partial charge on any atom is -0.354 e. The zero-order valence-electron chi connectivity index (χ0n) is 24.0. The molecule has 2 saturated heterocycles. The first-order valence-corrected chi connectivity index (χ1v) is 14.4. The van der Waals surface area contributed by atoms with Crippen LogP contribution < -0.4 is 0 Å². The Bertz CT molecular complexity index is 1110. The van der Waals surface area contributed by atoms with Crippen molar-refractivity contribution in [2.24, 2.45) is 0 Å². The molecular weight excluding hydrogens is 438 g/mol. The summed E-state index contributed by atoms with van der Waals surface area (Å²) in [5, 5.41) is 1.38. The molecule has 3 heteroatoms. The molecule has 3 heterocycles. The number of benzene rings is 1. The Morgan fingerprint density at radius 1 is 1.06 bits per heavy atom. The van der Waals surface area contributed by atoms with Crippen molar-refractivity contribution in [3.05, 3.63) is 64.4 Å². The van der Waals surface area contributed by atoms with Crippen LogP contribution in [0.1, 0.15) is 96.4 Å². The SMILES string of the molecule is C/C=C\C(=C/C(C)=C(C)CC)c1[nH]c2ccc(C3CCN(C4CCN(C(C)C)CC4)CC3)cc2c1C. The molecule has 0 aliphatic carbocycles. The van der Waals surface area contributed by atoms with Crippen molar-refractivity contribution in [1.82, 2.24) is 14.8 Å². The highest BCUT2D eigenvalue weighted by atomic mass is 15.2. The fourth-order valence-electron chi connectivity index (χ4n) is 6.27. The minimum absolute atomic E-state index is 0.682. The second-order valence-corrected chi connectivity index (χ2v) is 11.5. The molecular formula is C33H49N3. The van der Waals surface area contributed by atoms with Crippen LogP contribution >= 0.6 is 0 Å². The molecule has 0 amide bonds. The topological polar surface area (TPSA) is 22.3 Å². The average Bonchev–Trinajstić information content (AvgIpc) is 3.23. The summed E-state index contributed by atoms with van der Waals surface area (Å²) in [5.41, 5.74) is 9.49. The van der Waals surface area contributed by atoms with Gasteiger partial charge in [0.15, 0.2) is 0 Å². The quantitative estimate of drug-likeness (QED) is 0.397. The monoisotopic (exact) mass is 487 g/mol. The van der Waals surface area contributed by atoms with Gasteiger partial charge in [-0.1, -0.05) is 42.4 Å². The number of nitrogens with zero attached hydrogens (tertiary/aromatic N) is 2. The zero-order chi connectivity index (χ0) is 25.8. The van der Waals surface area contributed by atoms with E-state index in [4.69, 9.17) is 0 Å². The van der Waals surface area contributed by atoms with E-state index < -0.39 is 0 Å². The number of hydrogen-bond donors (Lipinski definition) is 1. The lowest BCUT2D eigenvalue weighted by molar-refractivity contribution is 0.0753. The molecule has 2 aromatic rings. The molecule has 2 aliphatic heterocycles. The number of hydrogen-bond acceptors (Lipinski definition) is 2. The van der Waals surface area contributed by atoms with E-state index in [1.54, 1.807) is 0 Å². The Kier molecular flexibility index (Phi) is 8.96. The first kappa shape index (κ1) is 26.9. The molecule has 3 nitrogen and oxygen atoms in total. The van der Waals surface area contributed by atoms with Gasteiger partial charge in [0, 0.05) is 28.7 Å². The Balaban J connectivity index is 1.49. The Labute approximate surface area is 220 Å². The van der Waals surface area contributed by atoms with Gasteiger partial charge in [-0.2, -0.15) is 0 Å². The number of likely N-dealkylation sites (tertiary alicyclic amines) is 2. The molecule has 36 heavy (non-hydrogen) atoms. The van der Waals surface area contributed by atoms with Crippen molar-refractivity contribution >= 4 is 16.5 Å². The van der Waals surface area contributed by atoms with Crippen LogP contribution in [0.15, 0.2) is 47.6 Å². The van der Waals surface area contributed by atoms with Crippen LogP contribution in [0.2, 0.25) is 0 Å². The normalized spacial score (nSPS) is 20.7. The molecule has 1 aromatic heterocycles. The van der Waals surface area contributed by atoms with Crippen molar-refractivity contribution in [1.29, 1.82) is 0 Å². The Morgan fingerprint density at radius 3 is 2.36 bits per heavy atom. The molecule has 0 unspecified atom stereocenters. The summed E-state index contributed by atoms with van der Waals surface area (Å²) in [6, 6.07) is 8.68. The van der Waals surface area contributed by atoms with Crippen LogP contribution in [0.3, 0.4) is 0 Å². The van der Waals surface area contributed by atoms with E-state index in [9.17, 15) is 0 Å². The Hall–Kier alpha value is -2.10. The number of aromatic amines is 1. The highest BCUT2D eigenvalue weighted by Gasteiger charge is 2.29. The van der Waals surface area contributed by atoms with Crippen LogP contribution in [-0.4, -0.2) is 53.0 Å². The molecule has 0 radical (unpaired) electrons. The van der Waals surface area contributed by atoms with E-state index in [0.717, 1.165) is 12.5 Å². The molecule has 4 rings (SSSR count). The van der Waals surface area contributed by atoms with E-state index in [0.29, 0.717) is 12.0 Å². The van der Waals surface area contributed by atoms with Crippen LogP contribution in [-0.2, 0) is 0 Å². The number of aryl methyl sites for hydroxylation is 1. The fourth-order valence-corrected chi connectivity index (χ4v) is 6.27. The lowest BCUT2D eigenvalue weighted by Gasteiger charge is -2.42. The van der Waals surface area contributed by atoms with Crippen LogP contribution in [0.5, 0.6) is 0 Å². The van der Waals surface area contributed by atoms with E-state index in [1.807, 2.05) is 0 Å². The molecule has 2 fully saturated rings. The third kappa shape index (κ3) is 5.89. The van der Waals surface area contributed by atoms with Gasteiger partial charge in [0.05, 0.1) is 0 Å². The summed E-state index contributed by atoms with van der Waals surface area (Å²) in [6.07, 6.45) is 13.1. The largest absolute Gasteiger partial charge is 0.354 e. The number of rotatable bonds is 7. The van der Waals surface area contributed by atoms with Crippen molar-refractivity contribution in [2.45, 2.75) is 98.6 Å². The van der Waals surface area contributed by atoms with Gasteiger partial charge >= 0.3 is 0 Å². The number of aromatic nitrogens is 1. The maximum absolute atomic E-state index is 3.75. The number of nitrogens with one attached hydrogen (secondary N) is 1. The van der Waals surface area contributed by atoms with Gasteiger partial charge < -0.3 is 14.8 Å². The summed E-state index contributed by atoms with van der Waals surface area (Å²) in [7, 11) is 0. The summed E-state index contributed by atoms with van der Waals surface area (Å²) in [6.45, 7) is 20.8. The van der Waals surface area contributed by atoms with Gasteiger partial charge in [-0.15, -0.1) is 0 Å². The van der Waals surface area contributed by atoms with E-state index in [1.165, 1.54) is 96.3 Å². The van der Waals surface area contributed by atoms with E-state index in [2.05, 4.69) is 99.7 Å². The summed E-state index contributed by atoms with van der Waals surface area (Å²) in [4.78, 5) is 9.19. The van der Waals surface area contributed by atoms with Gasteiger partial charge in [-0.3, -0.25) is 0 Å². The molecule has 0 atom stereocenters. The maximum Gasteiger partial charge on any atom is 0.0494 e. The van der Waals surface area contributed by atoms with Crippen LogP contribution in [0.25, 0.3) is 16.5 Å². The van der Waals surface area contributed by atoms with Gasteiger partial charge in [-0.05, 0) is 135 Å². The number of H-pyrrole nitrogens is 1. The zero-order valence-corrected chi connectivity index (χ0v) is 24.0. The van der Waals surface area contributed by atoms with Gasteiger partial charge in [0.25, 0.3) is 0 Å². The molecule has 0 saturated carbocycles. The summed E-state index contributed by atoms with van der Waals surface area (Å²) < 4.78 is 0. The van der Waals surface area contributed by atoms with Crippen molar-refractivity contribution < 1.29 is 0 Å². The second kappa shape index (κ2) is 12.0. The molecule has 1 N–H and O–H groups in total. The van der Waals surface area contributed by atoms with Crippen molar-refractivity contribution in [3.63, 3.8) is 0 Å². The third-order valence-electron chi connectivity index (χ3n) is 9.04. The first-order valence-electron chi connectivity index (χ1n) is 14.4. The van der Waals surface area contributed by atoms with E-state index in [-0.39, 0.29) is 0 Å². The predicted octanol–water partition coefficient (Wildman–Crippen LogP) is 8.23. The molecule has 196 valence electrons. The van der Waals surface area contributed by atoms with Crippen LogP contribution in [0.4, 0.5) is 0 Å². The van der Waals surface area contributed by atoms with Crippen LogP contribution in [0, 0.1) is 6.92 Å². The summed E-state index contributed by atoms with van der Waals surface area (Å²) in [5.74, 6) is 0.682. The smallest absolute Gasteiger partial charge is 0.0494 e. The summed E-state index contributed by atoms with van der Waals surface area (Å²) >= 11 is 0. The number of allylic oxidation sites excluding steroid dienone is 6. The third-order valence-corrected chi connectivity index (χ3v) is 9.04. The minimum atomic E-state index is 0.682. The molecule has 2 aliphatic rings. The van der Waals surface area contributed by atoms with Crippen molar-refractivity contribution in [3.8, 4) is 0 Å². The highest BCUT2D eigenvalue weighted by Crippen LogP contribution is 2.35. The standard InChI is InChI=1S/C33H49N3/c1-8-10-29(21-25(6)24(5)9-2)33-26(7)31-22-28(11-12-32(31)34-33)27-13-17-36(18-14-27)30-15-19-35(20-16-30)23(3)4/h8,10-12,21-23,27,30,34H,9,13-20H2,1-7H3/b10-8-,25-24?,29-21+. The predicted molar refractivity (Wildman–Crippen MR) is 158 cm³/mol. The molecule has 0 bridgehead atoms. The van der Waals surface area contributed by atoms with E-state index >= 15 is 0 Å². The second-order valence-electron chi connectivity index (χ2n) is 11.5. The Morgan fingerprint density at radius 2 is 1.75 bits per heavy atom. The maximum atomic E-state index is 3.75. The average molecular weight is 488 g/mol. The van der Waals surface area contributed by atoms with Gasteiger partial charge in [0.2, 0.25) is 0 Å². The fraction of sp³-hybridized carbons (Fsp3) is 0.576. The van der Waals surface area contributed by atoms with Gasteiger partial charge in [-0.25, -0.2) is 0 Å². The lowest BCUT2D eigenvalue weighted by atomic mass is 9.87. The molecule has 0 spiro atoms. The highest BCUT2D eigenvalue weighted by molar-refractivity contribution is 5.91. The van der Waals surface area contributed by atoms with Crippen molar-refractivity contribution in [2.75, 3.05) is 26.2 Å². The molecule has 1 aromatic carbocycles.